The maximum absolute atomic E-state index is 12.6. The van der Waals surface area contributed by atoms with Gasteiger partial charge in [0.1, 0.15) is 6.04 Å². The van der Waals surface area contributed by atoms with Crippen LogP contribution in [0.5, 0.6) is 0 Å². The number of amides is 3. The fourth-order valence-corrected chi connectivity index (χ4v) is 2.81. The van der Waals surface area contributed by atoms with E-state index < -0.39 is 23.8 Å². The molecule has 2 unspecified atom stereocenters. The van der Waals surface area contributed by atoms with Crippen LogP contribution in [0.1, 0.15) is 39.5 Å². The second-order valence-corrected chi connectivity index (χ2v) is 5.91. The number of likely N-dealkylation sites (tertiary alicyclic amines) is 1. The molecule has 0 aromatic carbocycles. The van der Waals surface area contributed by atoms with Crippen LogP contribution in [0.4, 0.5) is 0 Å². The van der Waals surface area contributed by atoms with E-state index in [1.165, 1.54) is 9.80 Å². The minimum atomic E-state index is -0.814. The Balaban J connectivity index is 2.02. The van der Waals surface area contributed by atoms with Crippen LogP contribution in [0, 0.1) is 0 Å². The van der Waals surface area contributed by atoms with Crippen LogP contribution in [-0.2, 0) is 19.2 Å². The van der Waals surface area contributed by atoms with Crippen LogP contribution in [-0.4, -0.2) is 65.0 Å². The molecule has 1 saturated carbocycles. The topological polar surface area (TPSA) is 86.8 Å². The molecule has 2 rings (SSSR count). The fraction of sp³-hybridized carbons (Fsp3) is 0.733. The van der Waals surface area contributed by atoms with Gasteiger partial charge in [0.2, 0.25) is 18.1 Å². The van der Waals surface area contributed by atoms with Crippen molar-refractivity contribution in [3.8, 4) is 0 Å². The summed E-state index contributed by atoms with van der Waals surface area (Å²) in [7, 11) is 0. The van der Waals surface area contributed by atoms with E-state index in [4.69, 9.17) is 0 Å². The SMILES string of the molecule is CCN(C(=O)C1CCCN1C=O)C(C)C(=O)C(=O)NC1CC1. The standard InChI is InChI=1S/C15H23N3O4/c1-3-18(15(22)12-5-4-8-17(12)9-19)10(2)13(20)14(21)16-11-6-7-11/h9-12H,3-8H2,1-2H3,(H,16,21). The lowest BCUT2D eigenvalue weighted by molar-refractivity contribution is -0.147. The van der Waals surface area contributed by atoms with E-state index >= 15 is 0 Å². The van der Waals surface area contributed by atoms with Gasteiger partial charge in [0, 0.05) is 19.1 Å². The number of hydrogen-bond acceptors (Lipinski definition) is 4. The van der Waals surface area contributed by atoms with Gasteiger partial charge in [0.25, 0.3) is 5.91 Å². The van der Waals surface area contributed by atoms with Crippen molar-refractivity contribution in [1.29, 1.82) is 0 Å². The highest BCUT2D eigenvalue weighted by Gasteiger charge is 2.37. The lowest BCUT2D eigenvalue weighted by Crippen LogP contribution is -2.53. The van der Waals surface area contributed by atoms with Crippen molar-refractivity contribution in [1.82, 2.24) is 15.1 Å². The number of rotatable bonds is 7. The third-order valence-corrected chi connectivity index (χ3v) is 4.32. The summed E-state index contributed by atoms with van der Waals surface area (Å²) in [6.07, 6.45) is 3.86. The molecule has 2 fully saturated rings. The number of carbonyl (C=O) groups excluding carboxylic acids is 4. The summed E-state index contributed by atoms with van der Waals surface area (Å²) in [5.74, 6) is -1.48. The van der Waals surface area contributed by atoms with Gasteiger partial charge in [0.05, 0.1) is 6.04 Å². The van der Waals surface area contributed by atoms with Crippen LogP contribution >= 0.6 is 0 Å². The van der Waals surface area contributed by atoms with Crippen LogP contribution in [0.25, 0.3) is 0 Å². The molecule has 22 heavy (non-hydrogen) atoms. The second kappa shape index (κ2) is 6.89. The number of nitrogens with one attached hydrogen (secondary N) is 1. The molecule has 0 bridgehead atoms. The number of likely N-dealkylation sites (N-methyl/N-ethyl adjacent to an activating group) is 1. The fourth-order valence-electron chi connectivity index (χ4n) is 2.81. The summed E-state index contributed by atoms with van der Waals surface area (Å²) in [5.41, 5.74) is 0. The van der Waals surface area contributed by atoms with Crippen LogP contribution in [0.15, 0.2) is 0 Å². The van der Waals surface area contributed by atoms with Crippen molar-refractivity contribution in [2.24, 2.45) is 0 Å². The summed E-state index contributed by atoms with van der Waals surface area (Å²) in [6, 6.07) is -1.22. The van der Waals surface area contributed by atoms with Gasteiger partial charge < -0.3 is 15.1 Å². The molecule has 122 valence electrons. The maximum Gasteiger partial charge on any atom is 0.289 e. The van der Waals surface area contributed by atoms with Crippen molar-refractivity contribution in [3.63, 3.8) is 0 Å². The number of nitrogens with zero attached hydrogens (tertiary/aromatic N) is 2. The molecule has 7 heteroatoms. The Labute approximate surface area is 130 Å². The molecule has 1 saturated heterocycles. The van der Waals surface area contributed by atoms with Gasteiger partial charge in [-0.2, -0.15) is 0 Å². The average Bonchev–Trinajstić information content (AvgIpc) is 3.19. The average molecular weight is 309 g/mol. The van der Waals surface area contributed by atoms with E-state index in [9.17, 15) is 19.2 Å². The quantitative estimate of drug-likeness (QED) is 0.516. The molecule has 1 aliphatic carbocycles. The van der Waals surface area contributed by atoms with Crippen molar-refractivity contribution < 1.29 is 19.2 Å². The van der Waals surface area contributed by atoms with Crippen molar-refractivity contribution >= 4 is 24.0 Å². The van der Waals surface area contributed by atoms with Crippen molar-refractivity contribution in [3.05, 3.63) is 0 Å². The van der Waals surface area contributed by atoms with Crippen LogP contribution in [0.2, 0.25) is 0 Å². The van der Waals surface area contributed by atoms with Gasteiger partial charge in [-0.3, -0.25) is 19.2 Å². The number of hydrogen-bond donors (Lipinski definition) is 1. The first-order valence-electron chi connectivity index (χ1n) is 7.85. The molecule has 2 atom stereocenters. The molecule has 7 nitrogen and oxygen atoms in total. The predicted molar refractivity (Wildman–Crippen MR) is 78.8 cm³/mol. The Hall–Kier alpha value is -1.92. The molecule has 1 N–H and O–H groups in total. The largest absolute Gasteiger partial charge is 0.347 e. The molecule has 3 amide bonds. The minimum Gasteiger partial charge on any atom is -0.347 e. The first-order chi connectivity index (χ1) is 10.5. The molecule has 2 aliphatic rings. The van der Waals surface area contributed by atoms with Crippen LogP contribution in [0.3, 0.4) is 0 Å². The van der Waals surface area contributed by atoms with Gasteiger partial charge >= 0.3 is 0 Å². The molecule has 0 radical (unpaired) electrons. The highest BCUT2D eigenvalue weighted by molar-refractivity contribution is 6.38. The van der Waals surface area contributed by atoms with Gasteiger partial charge in [-0.1, -0.05) is 0 Å². The number of Topliss-reactive ketones (excluding diaryl/α,β-unsaturated/α-hetero) is 1. The summed E-state index contributed by atoms with van der Waals surface area (Å²) in [6.45, 7) is 4.21. The Bertz CT molecular complexity index is 475. The number of ketones is 1. The molecular weight excluding hydrogens is 286 g/mol. The Morgan fingerprint density at radius 1 is 1.32 bits per heavy atom. The van der Waals surface area contributed by atoms with E-state index in [0.29, 0.717) is 25.9 Å². The monoisotopic (exact) mass is 309 g/mol. The first kappa shape index (κ1) is 16.5. The molecule has 1 aliphatic heterocycles. The zero-order valence-corrected chi connectivity index (χ0v) is 13.1. The lowest BCUT2D eigenvalue weighted by atomic mass is 10.1. The maximum atomic E-state index is 12.6. The van der Waals surface area contributed by atoms with E-state index in [1.807, 2.05) is 0 Å². The van der Waals surface area contributed by atoms with Gasteiger partial charge in [-0.15, -0.1) is 0 Å². The lowest BCUT2D eigenvalue weighted by Gasteiger charge is -2.31. The number of carbonyl (C=O) groups is 4. The first-order valence-corrected chi connectivity index (χ1v) is 7.85. The third-order valence-electron chi connectivity index (χ3n) is 4.32. The minimum absolute atomic E-state index is 0.106. The van der Waals surface area contributed by atoms with Crippen LogP contribution < -0.4 is 5.32 Å². The highest BCUT2D eigenvalue weighted by atomic mass is 16.2. The normalized spacial score (nSPS) is 22.1. The molecule has 0 aromatic rings. The summed E-state index contributed by atoms with van der Waals surface area (Å²) in [5, 5.41) is 2.65. The molecule has 1 heterocycles. The van der Waals surface area contributed by atoms with E-state index in [2.05, 4.69) is 5.32 Å². The zero-order valence-electron chi connectivity index (χ0n) is 13.1. The molecule has 0 aromatic heterocycles. The summed E-state index contributed by atoms with van der Waals surface area (Å²) >= 11 is 0. The molecular formula is C15H23N3O4. The summed E-state index contributed by atoms with van der Waals surface area (Å²) < 4.78 is 0. The smallest absolute Gasteiger partial charge is 0.289 e. The Morgan fingerprint density at radius 3 is 2.55 bits per heavy atom. The highest BCUT2D eigenvalue weighted by Crippen LogP contribution is 2.20. The van der Waals surface area contributed by atoms with Gasteiger partial charge in [-0.25, -0.2) is 0 Å². The van der Waals surface area contributed by atoms with Crippen molar-refractivity contribution in [2.75, 3.05) is 13.1 Å². The summed E-state index contributed by atoms with van der Waals surface area (Å²) in [4.78, 5) is 50.5. The van der Waals surface area contributed by atoms with E-state index in [0.717, 1.165) is 19.3 Å². The van der Waals surface area contributed by atoms with E-state index in [-0.39, 0.29) is 11.9 Å². The van der Waals surface area contributed by atoms with E-state index in [1.54, 1.807) is 13.8 Å². The predicted octanol–water partition coefficient (Wildman–Crippen LogP) is -0.308. The molecule has 0 spiro atoms. The van der Waals surface area contributed by atoms with Crippen molar-refractivity contribution in [2.45, 2.75) is 57.7 Å². The third kappa shape index (κ3) is 3.45. The Kier molecular flexibility index (Phi) is 5.15. The van der Waals surface area contributed by atoms with Gasteiger partial charge in [-0.05, 0) is 39.5 Å². The Morgan fingerprint density at radius 2 is 2.00 bits per heavy atom. The second-order valence-electron chi connectivity index (χ2n) is 5.91. The zero-order chi connectivity index (χ0) is 16.3. The van der Waals surface area contributed by atoms with Gasteiger partial charge in [0.15, 0.2) is 0 Å².